The topological polar surface area (TPSA) is 67.9 Å². The van der Waals surface area contributed by atoms with Crippen molar-refractivity contribution in [2.45, 2.75) is 6.42 Å². The molecule has 0 aliphatic carbocycles. The van der Waals surface area contributed by atoms with E-state index in [0.29, 0.717) is 18.9 Å². The number of hydrogen-bond acceptors (Lipinski definition) is 4. The van der Waals surface area contributed by atoms with Crippen molar-refractivity contribution in [3.63, 3.8) is 0 Å². The number of ether oxygens (including phenoxy) is 1. The minimum atomic E-state index is -0.249. The van der Waals surface area contributed by atoms with Crippen molar-refractivity contribution in [1.29, 1.82) is 0 Å². The number of hydrogen-bond donors (Lipinski definition) is 1. The predicted molar refractivity (Wildman–Crippen MR) is 62.0 cm³/mol. The summed E-state index contributed by atoms with van der Waals surface area (Å²) in [5.74, 6) is 2.47. The molecule has 0 spiro atoms. The van der Waals surface area contributed by atoms with Gasteiger partial charge in [-0.1, -0.05) is 0 Å². The lowest BCUT2D eigenvalue weighted by molar-refractivity contribution is -0.140. The number of guanidine groups is 1. The fraction of sp³-hybridized carbons (Fsp3) is 0.778. The molecular formula is C9H17N3O2S. The molecule has 1 rings (SSSR count). The van der Waals surface area contributed by atoms with Crippen LogP contribution in [-0.4, -0.2) is 55.1 Å². The average Bonchev–Trinajstić information content (AvgIpc) is 2.29. The number of esters is 1. The van der Waals surface area contributed by atoms with E-state index in [4.69, 9.17) is 5.73 Å². The van der Waals surface area contributed by atoms with Gasteiger partial charge < -0.3 is 15.4 Å². The van der Waals surface area contributed by atoms with Gasteiger partial charge in [0.1, 0.15) is 0 Å². The van der Waals surface area contributed by atoms with E-state index < -0.39 is 0 Å². The van der Waals surface area contributed by atoms with Crippen LogP contribution in [0.15, 0.2) is 4.99 Å². The van der Waals surface area contributed by atoms with Gasteiger partial charge in [-0.3, -0.25) is 9.79 Å². The molecule has 1 fully saturated rings. The fourth-order valence-corrected chi connectivity index (χ4v) is 2.16. The second-order valence-corrected chi connectivity index (χ2v) is 4.39. The standard InChI is InChI=1S/C9H17N3O2S/c1-14-8(13)2-3-11-9(10)12-4-6-15-7-5-12/h2-7H2,1H3,(H2,10,11). The Bertz CT molecular complexity index is 240. The molecule has 1 aliphatic heterocycles. The first kappa shape index (κ1) is 12.2. The molecule has 0 unspecified atom stereocenters. The Kier molecular flexibility index (Phi) is 5.31. The maximum atomic E-state index is 10.8. The van der Waals surface area contributed by atoms with E-state index in [2.05, 4.69) is 9.73 Å². The van der Waals surface area contributed by atoms with Crippen LogP contribution in [0.3, 0.4) is 0 Å². The quantitative estimate of drug-likeness (QED) is 0.418. The highest BCUT2D eigenvalue weighted by molar-refractivity contribution is 7.99. The first-order valence-electron chi connectivity index (χ1n) is 4.93. The molecule has 86 valence electrons. The van der Waals surface area contributed by atoms with Crippen LogP contribution in [0.2, 0.25) is 0 Å². The first-order chi connectivity index (χ1) is 7.24. The van der Waals surface area contributed by atoms with Gasteiger partial charge >= 0.3 is 5.97 Å². The number of rotatable bonds is 3. The van der Waals surface area contributed by atoms with Crippen molar-refractivity contribution in [2.75, 3.05) is 38.2 Å². The summed E-state index contributed by atoms with van der Waals surface area (Å²) >= 11 is 1.92. The Morgan fingerprint density at radius 2 is 2.20 bits per heavy atom. The van der Waals surface area contributed by atoms with Gasteiger partial charge in [0.15, 0.2) is 5.96 Å². The van der Waals surface area contributed by atoms with Crippen molar-refractivity contribution < 1.29 is 9.53 Å². The summed E-state index contributed by atoms with van der Waals surface area (Å²) in [6.07, 6.45) is 0.291. The number of nitrogens with zero attached hydrogens (tertiary/aromatic N) is 2. The van der Waals surface area contributed by atoms with Crippen LogP contribution in [0.5, 0.6) is 0 Å². The molecule has 0 saturated carbocycles. The highest BCUT2D eigenvalue weighted by atomic mass is 32.2. The summed E-state index contributed by atoms with van der Waals surface area (Å²) in [6.45, 7) is 2.29. The Morgan fingerprint density at radius 3 is 2.80 bits per heavy atom. The van der Waals surface area contributed by atoms with E-state index in [1.807, 2.05) is 16.7 Å². The summed E-state index contributed by atoms with van der Waals surface area (Å²) in [5, 5.41) is 0. The zero-order valence-corrected chi connectivity index (χ0v) is 9.76. The van der Waals surface area contributed by atoms with Crippen LogP contribution >= 0.6 is 11.8 Å². The largest absolute Gasteiger partial charge is 0.469 e. The molecule has 1 heterocycles. The number of aliphatic imine (C=N–C) groups is 1. The lowest BCUT2D eigenvalue weighted by Crippen LogP contribution is -2.42. The normalized spacial score (nSPS) is 17.7. The van der Waals surface area contributed by atoms with Gasteiger partial charge in [0, 0.05) is 24.6 Å². The Balaban J connectivity index is 2.28. The molecule has 5 nitrogen and oxygen atoms in total. The minimum Gasteiger partial charge on any atom is -0.469 e. The van der Waals surface area contributed by atoms with Gasteiger partial charge in [0.05, 0.1) is 20.1 Å². The molecular weight excluding hydrogens is 214 g/mol. The van der Waals surface area contributed by atoms with Crippen LogP contribution in [0.25, 0.3) is 0 Å². The molecule has 15 heavy (non-hydrogen) atoms. The summed E-state index contributed by atoms with van der Waals surface area (Å²) in [5.41, 5.74) is 5.79. The number of nitrogens with two attached hydrogens (primary N) is 1. The average molecular weight is 231 g/mol. The van der Waals surface area contributed by atoms with Crippen LogP contribution in [0, 0.1) is 0 Å². The van der Waals surface area contributed by atoms with Crippen LogP contribution < -0.4 is 5.73 Å². The second kappa shape index (κ2) is 6.55. The monoisotopic (exact) mass is 231 g/mol. The highest BCUT2D eigenvalue weighted by Crippen LogP contribution is 2.08. The molecule has 0 aromatic carbocycles. The van der Waals surface area contributed by atoms with E-state index in [9.17, 15) is 4.79 Å². The van der Waals surface area contributed by atoms with Crippen LogP contribution in [-0.2, 0) is 9.53 Å². The minimum absolute atomic E-state index is 0.249. The number of methoxy groups -OCH3 is 1. The van der Waals surface area contributed by atoms with E-state index in [0.717, 1.165) is 24.6 Å². The summed E-state index contributed by atoms with van der Waals surface area (Å²) in [6, 6.07) is 0. The van der Waals surface area contributed by atoms with Crippen molar-refractivity contribution in [1.82, 2.24) is 4.90 Å². The van der Waals surface area contributed by atoms with Crippen LogP contribution in [0.1, 0.15) is 6.42 Å². The summed E-state index contributed by atoms with van der Waals surface area (Å²) in [7, 11) is 1.37. The van der Waals surface area contributed by atoms with E-state index in [1.54, 1.807) is 0 Å². The van der Waals surface area contributed by atoms with E-state index >= 15 is 0 Å². The number of thioether (sulfide) groups is 1. The van der Waals surface area contributed by atoms with Gasteiger partial charge in [-0.2, -0.15) is 11.8 Å². The lowest BCUT2D eigenvalue weighted by atomic mass is 10.4. The SMILES string of the molecule is COC(=O)CCN=C(N)N1CCSCC1. The van der Waals surface area contributed by atoms with Gasteiger partial charge in [0.2, 0.25) is 0 Å². The number of carbonyl (C=O) groups is 1. The smallest absolute Gasteiger partial charge is 0.307 e. The van der Waals surface area contributed by atoms with Crippen LogP contribution in [0.4, 0.5) is 0 Å². The maximum absolute atomic E-state index is 10.8. The van der Waals surface area contributed by atoms with Gasteiger partial charge in [0.25, 0.3) is 0 Å². The maximum Gasteiger partial charge on any atom is 0.307 e. The molecule has 0 amide bonds. The Labute approximate surface area is 94.0 Å². The molecule has 0 aromatic rings. The van der Waals surface area contributed by atoms with Gasteiger partial charge in [-0.25, -0.2) is 0 Å². The molecule has 1 aliphatic rings. The van der Waals surface area contributed by atoms with Crippen molar-refractivity contribution in [3.8, 4) is 0 Å². The third-order valence-corrected chi connectivity index (χ3v) is 3.09. The predicted octanol–water partition coefficient (Wildman–Crippen LogP) is -0.0870. The lowest BCUT2D eigenvalue weighted by Gasteiger charge is -2.27. The van der Waals surface area contributed by atoms with Crippen molar-refractivity contribution in [3.05, 3.63) is 0 Å². The highest BCUT2D eigenvalue weighted by Gasteiger charge is 2.11. The van der Waals surface area contributed by atoms with Gasteiger partial charge in [-0.15, -0.1) is 0 Å². The van der Waals surface area contributed by atoms with Gasteiger partial charge in [-0.05, 0) is 0 Å². The van der Waals surface area contributed by atoms with Crippen molar-refractivity contribution in [2.24, 2.45) is 10.7 Å². The summed E-state index contributed by atoms with van der Waals surface area (Å²) in [4.78, 5) is 17.0. The Hall–Kier alpha value is -0.910. The molecule has 2 N–H and O–H groups in total. The zero-order chi connectivity index (χ0) is 11.1. The number of carbonyl (C=O) groups excluding carboxylic acids is 1. The molecule has 6 heteroatoms. The zero-order valence-electron chi connectivity index (χ0n) is 8.94. The fourth-order valence-electron chi connectivity index (χ4n) is 1.26. The second-order valence-electron chi connectivity index (χ2n) is 3.17. The van der Waals surface area contributed by atoms with Crippen molar-refractivity contribution >= 4 is 23.7 Å². The molecule has 0 atom stereocenters. The first-order valence-corrected chi connectivity index (χ1v) is 6.09. The molecule has 0 aromatic heterocycles. The third-order valence-electron chi connectivity index (χ3n) is 2.15. The molecule has 0 bridgehead atoms. The molecule has 0 radical (unpaired) electrons. The Morgan fingerprint density at radius 1 is 1.53 bits per heavy atom. The molecule has 1 saturated heterocycles. The van der Waals surface area contributed by atoms with E-state index in [1.165, 1.54) is 7.11 Å². The third kappa shape index (κ3) is 4.42. The summed E-state index contributed by atoms with van der Waals surface area (Å²) < 4.78 is 4.51. The van der Waals surface area contributed by atoms with E-state index in [-0.39, 0.29) is 5.97 Å².